The second-order valence-corrected chi connectivity index (χ2v) is 26.3. The Labute approximate surface area is 688 Å². The van der Waals surface area contributed by atoms with Crippen molar-refractivity contribution in [2.24, 2.45) is 0 Å². The normalized spacial score (nSPS) is 10.9. The molecule has 0 unspecified atom stereocenters. The average molecular weight is 1610 g/mol. The Balaban J connectivity index is 0.000000140. The van der Waals surface area contributed by atoms with Crippen LogP contribution in [0.5, 0.6) is 40.2 Å². The zero-order chi connectivity index (χ0) is 84.0. The Morgan fingerprint density at radius 2 is 0.790 bits per heavy atom. The SMILES string of the molecule is Nc1c([N+](=O)[O-])cc(OCc2ccccc2)c2ccccc12.O=C(COc1ccccc1)Nc1c([N+](=O)[O-])cc(OCc2ccccc2)c2ccccc12.O=C(Cl)COc1ccccc1.O=C1C(=O)c2[nH]c(COc3ccccc3)nc2-c2ccccc21.[2H]CF.c1ccc(COc2cc3[nH]c(COc4ccccc4)nc3c3ccccc23)cc1. The molecule has 1 aliphatic rings. The maximum absolute atomic E-state index is 12.5. The highest BCUT2D eigenvalue weighted by atomic mass is 35.5. The van der Waals surface area contributed by atoms with Gasteiger partial charge in [-0.05, 0) is 76.8 Å². The molecule has 1 amide bonds. The minimum atomic E-state index is -1.00. The number of imidazole rings is 2. The Kier molecular flexibility index (Phi) is 28.4. The number of nitrogens with one attached hydrogen (secondary N) is 3. The molecule has 23 nitrogen and oxygen atoms in total. The van der Waals surface area contributed by atoms with Crippen molar-refractivity contribution in [3.63, 3.8) is 0 Å². The zero-order valence-corrected chi connectivity index (χ0v) is 64.3. The fourth-order valence-electron chi connectivity index (χ4n) is 12.4. The molecule has 0 spiro atoms. The fourth-order valence-corrected chi connectivity index (χ4v) is 12.5. The lowest BCUT2D eigenvalue weighted by Crippen LogP contribution is -2.21. The van der Waals surface area contributed by atoms with Crippen LogP contribution in [-0.4, -0.2) is 72.9 Å². The number of amides is 1. The van der Waals surface area contributed by atoms with Crippen LogP contribution in [0.25, 0.3) is 54.6 Å². The lowest BCUT2D eigenvalue weighted by atomic mass is 9.90. The highest BCUT2D eigenvalue weighted by Crippen LogP contribution is 2.42. The van der Waals surface area contributed by atoms with Crippen LogP contribution >= 0.6 is 11.6 Å². The number of carbonyl (C=O) groups is 4. The summed E-state index contributed by atoms with van der Waals surface area (Å²) in [7, 11) is -1.00. The van der Waals surface area contributed by atoms with E-state index < -0.39 is 39.7 Å². The smallest absolute Gasteiger partial charge is 0.297 e. The Morgan fingerprint density at radius 1 is 0.429 bits per heavy atom. The first-order valence-corrected chi connectivity index (χ1v) is 37.4. The van der Waals surface area contributed by atoms with Gasteiger partial charge in [-0.25, -0.2) is 9.97 Å². The number of para-hydroxylation sites is 4. The number of ketones is 2. The van der Waals surface area contributed by atoms with Crippen LogP contribution in [0, 0.1) is 20.2 Å². The molecular formula is C94H76ClFN8O15. The maximum atomic E-state index is 12.5. The summed E-state index contributed by atoms with van der Waals surface area (Å²) in [6.07, 6.45) is 0. The number of carbonyl (C=O) groups excluding carboxylic acids is 4. The van der Waals surface area contributed by atoms with Gasteiger partial charge in [0.2, 0.25) is 5.78 Å². The van der Waals surface area contributed by atoms with E-state index in [1.807, 2.05) is 206 Å². The van der Waals surface area contributed by atoms with E-state index in [0.29, 0.717) is 87.4 Å². The number of nitro groups is 2. The van der Waals surface area contributed by atoms with E-state index >= 15 is 0 Å². The first-order chi connectivity index (χ1) is 58.6. The molecule has 0 atom stereocenters. The third-order valence-corrected chi connectivity index (χ3v) is 18.1. The first-order valence-electron chi connectivity index (χ1n) is 37.7. The van der Waals surface area contributed by atoms with Gasteiger partial charge in [0.05, 0.1) is 41.5 Å². The number of nitro benzene ring substituents is 2. The van der Waals surface area contributed by atoms with Crippen molar-refractivity contribution >= 4 is 100 Å². The lowest BCUT2D eigenvalue weighted by Gasteiger charge is -2.14. The monoisotopic (exact) mass is 1610 g/mol. The van der Waals surface area contributed by atoms with Gasteiger partial charge < -0.3 is 54.2 Å². The number of alkyl halides is 1. The van der Waals surface area contributed by atoms with Crippen molar-refractivity contribution in [2.45, 2.75) is 33.0 Å². The van der Waals surface area contributed by atoms with Gasteiger partial charge in [0.1, 0.15) is 108 Å². The molecule has 1 aliphatic carbocycles. The van der Waals surface area contributed by atoms with Gasteiger partial charge in [0.15, 0.2) is 13.2 Å². The summed E-state index contributed by atoms with van der Waals surface area (Å²) in [6.45, 7) is 1.35. The number of fused-ring (bicyclic) bond motifs is 8. The number of H-pyrrole nitrogens is 2. The number of benzene rings is 14. The number of nitrogens with zero attached hydrogens (tertiary/aromatic N) is 4. The number of halogens is 2. The summed E-state index contributed by atoms with van der Waals surface area (Å²) in [4.78, 5) is 84.6. The van der Waals surface area contributed by atoms with Gasteiger partial charge in [0.25, 0.3) is 28.3 Å². The summed E-state index contributed by atoms with van der Waals surface area (Å²) >= 11 is 5.06. The molecule has 14 aromatic carbocycles. The third-order valence-electron chi connectivity index (χ3n) is 17.9. The summed E-state index contributed by atoms with van der Waals surface area (Å²) in [5.41, 5.74) is 12.5. The van der Waals surface area contributed by atoms with Crippen molar-refractivity contribution in [3.8, 4) is 51.5 Å². The quantitative estimate of drug-likeness (QED) is 0.0144. The van der Waals surface area contributed by atoms with Crippen LogP contribution < -0.4 is 44.2 Å². The minimum Gasteiger partial charge on any atom is -0.488 e. The Bertz CT molecular complexity index is 6170. The molecule has 16 aromatic rings. The topological polar surface area (TPSA) is 315 Å². The van der Waals surface area contributed by atoms with E-state index in [9.17, 15) is 43.8 Å². The van der Waals surface area contributed by atoms with E-state index in [-0.39, 0.29) is 54.9 Å². The Hall–Kier alpha value is -15.6. The van der Waals surface area contributed by atoms with Crippen LogP contribution in [-0.2, 0) is 42.6 Å². The second-order valence-electron chi connectivity index (χ2n) is 25.9. The summed E-state index contributed by atoms with van der Waals surface area (Å²) in [6, 6.07) is 101. The number of rotatable bonds is 24. The molecule has 596 valence electrons. The minimum absolute atomic E-state index is 0.0778. The fraction of sp³-hybridized carbons (Fsp3) is 0.0851. The zero-order valence-electron chi connectivity index (χ0n) is 64.6. The number of Topliss-reactive ketones (excluding diaryl/α,β-unsaturated/α-hetero) is 2. The number of anilines is 2. The number of hydrogen-bond acceptors (Lipinski definition) is 18. The average Bonchev–Trinajstić information content (AvgIpc) is 1.55. The summed E-state index contributed by atoms with van der Waals surface area (Å²) in [5.74, 6) is 4.13. The lowest BCUT2D eigenvalue weighted by molar-refractivity contribution is -0.384. The summed E-state index contributed by atoms with van der Waals surface area (Å²) < 4.78 is 55.3. The number of ether oxygens (including phenoxy) is 7. The first kappa shape index (κ1) is 81.5. The molecule has 0 aliphatic heterocycles. The maximum Gasteiger partial charge on any atom is 0.297 e. The highest BCUT2D eigenvalue weighted by Gasteiger charge is 2.34. The molecular weight excluding hydrogens is 1540 g/mol. The van der Waals surface area contributed by atoms with Crippen LogP contribution in [0.2, 0.25) is 0 Å². The van der Waals surface area contributed by atoms with Gasteiger partial charge >= 0.3 is 0 Å². The molecule has 2 aromatic heterocycles. The van der Waals surface area contributed by atoms with Crippen molar-refractivity contribution in [1.29, 1.82) is 0 Å². The molecule has 0 bridgehead atoms. The predicted octanol–water partition coefficient (Wildman–Crippen LogP) is 20.6. The highest BCUT2D eigenvalue weighted by molar-refractivity contribution is 6.64. The molecule has 25 heteroatoms. The molecule has 0 radical (unpaired) electrons. The van der Waals surface area contributed by atoms with E-state index in [1.54, 1.807) is 84.9 Å². The largest absolute Gasteiger partial charge is 0.488 e. The number of nitrogen functional groups attached to an aromatic ring is 1. The van der Waals surface area contributed by atoms with Crippen molar-refractivity contribution < 1.29 is 67.9 Å². The van der Waals surface area contributed by atoms with E-state index in [1.165, 1.54) is 12.1 Å². The van der Waals surface area contributed by atoms with Gasteiger partial charge in [0, 0.05) is 49.5 Å². The molecule has 0 saturated heterocycles. The number of hydrogen-bond donors (Lipinski definition) is 4. The van der Waals surface area contributed by atoms with E-state index in [0.717, 1.165) is 61.2 Å². The van der Waals surface area contributed by atoms with Crippen molar-refractivity contribution in [3.05, 3.63) is 387 Å². The van der Waals surface area contributed by atoms with Gasteiger partial charge in [-0.15, -0.1) is 0 Å². The number of nitrogens with two attached hydrogens (primary N) is 1. The standard InChI is InChI=1S/C25H20N2O5.C25H20N2O2.C18H12N2O3.C17H14N2O3.C8H7ClO2.CH3F/c28-24(17-31-19-11-5-2-6-12-19)26-25-21-14-8-7-13-20(21)23(15-22(25)27(29)30)32-16-18-9-3-1-4-10-18;1-3-9-18(10-4-1)16-29-23-15-22-25(21-14-8-7-13-20(21)23)27-24(26-22)17-28-19-11-5-2-6-12-19;21-17-13-9-5-4-8-12(13)15-16(18(17)22)20-14(19-15)10-23-11-6-2-1-3-7-11;18-17-14-9-5-4-8-13(14)16(10-15(17)19(20)21)22-11-12-6-2-1-3-7-12;9-8(10)6-11-7-4-2-1-3-5-7;1-2/h1-15H,16-17H2,(H,26,28);1-15H,16-17H2,(H,26,27);1-9H,10H2,(H,19,20);1-10H,11,18H2;1-5H,6H2;1H3/i;;;;;1D. The van der Waals surface area contributed by atoms with Crippen LogP contribution in [0.4, 0.5) is 27.1 Å². The number of aromatic nitrogens is 4. The molecule has 5 N–H and O–H groups in total. The van der Waals surface area contributed by atoms with Crippen LogP contribution in [0.3, 0.4) is 0 Å². The van der Waals surface area contributed by atoms with Crippen molar-refractivity contribution in [2.75, 3.05) is 31.4 Å². The van der Waals surface area contributed by atoms with E-state index in [4.69, 9.17) is 56.8 Å². The van der Waals surface area contributed by atoms with Gasteiger partial charge in [-0.1, -0.05) is 261 Å². The summed E-state index contributed by atoms with van der Waals surface area (Å²) in [5, 5.41) is 29.8. The molecule has 17 rings (SSSR count). The Morgan fingerprint density at radius 3 is 1.25 bits per heavy atom. The van der Waals surface area contributed by atoms with E-state index in [2.05, 4.69) is 44.5 Å². The van der Waals surface area contributed by atoms with Crippen LogP contribution in [0.15, 0.2) is 328 Å². The number of aromatic amines is 2. The van der Waals surface area contributed by atoms with Crippen molar-refractivity contribution in [1.82, 2.24) is 19.9 Å². The van der Waals surface area contributed by atoms with Gasteiger partial charge in [-0.3, -0.25) is 43.8 Å². The van der Waals surface area contributed by atoms with Crippen LogP contribution in [0.1, 0.15) is 50.6 Å². The second kappa shape index (κ2) is 41.5. The van der Waals surface area contributed by atoms with Gasteiger partial charge in [-0.2, -0.15) is 0 Å². The molecule has 2 heterocycles. The molecule has 0 fully saturated rings. The molecule has 0 saturated carbocycles. The third kappa shape index (κ3) is 22.3. The molecule has 119 heavy (non-hydrogen) atoms. The predicted molar refractivity (Wildman–Crippen MR) is 456 cm³/mol.